The molecule has 0 amide bonds. The van der Waals surface area contributed by atoms with E-state index in [0.717, 1.165) is 32.3 Å². The summed E-state index contributed by atoms with van der Waals surface area (Å²) in [5.74, 6) is 1.16. The molecule has 56 heavy (non-hydrogen) atoms. The van der Waals surface area contributed by atoms with E-state index < -0.39 is 42.3 Å². The molecule has 0 aliphatic heterocycles. The van der Waals surface area contributed by atoms with Crippen molar-refractivity contribution < 1.29 is 12.3 Å². The van der Waals surface area contributed by atoms with E-state index in [4.69, 9.17) is 24.5 Å². The predicted molar refractivity (Wildman–Crippen MR) is 234 cm³/mol. The van der Waals surface area contributed by atoms with Crippen molar-refractivity contribution in [3.05, 3.63) is 194 Å². The van der Waals surface area contributed by atoms with Gasteiger partial charge in [-0.05, 0) is 58.6 Å². The average molecular weight is 742 g/mol. The van der Waals surface area contributed by atoms with Gasteiger partial charge >= 0.3 is 0 Å². The molecule has 8 aromatic carbocycles. The number of hydrogen-bond donors (Lipinski definition) is 0. The molecule has 262 valence electrons. The second kappa shape index (κ2) is 13.3. The number of thiophene rings is 1. The van der Waals surface area contributed by atoms with Crippen molar-refractivity contribution in [3.63, 3.8) is 0 Å². The third-order valence-electron chi connectivity index (χ3n) is 10.1. The van der Waals surface area contributed by atoms with Gasteiger partial charge in [-0.3, -0.25) is 0 Å². The lowest BCUT2D eigenvalue weighted by Crippen LogP contribution is -2.03. The molecule has 0 aliphatic rings. The SMILES string of the molecule is [2H]c1c([2H])c([2H])c(-c2cccc3c2c2c([2H])c([2H])c([2H])c([2H])c2n3-c2ccccc2-c2nc(-c3ccc(-c4ccccc4)cc3)nc(-c3ccc4c(c3)sc3ccccc34)n2)c([2H])c1[2H]. The van der Waals surface area contributed by atoms with E-state index in [1.165, 1.54) is 10.1 Å². The molecule has 11 aromatic rings. The minimum Gasteiger partial charge on any atom is -0.308 e. The third-order valence-corrected chi connectivity index (χ3v) is 11.2. The number of fused-ring (bicyclic) bond motifs is 6. The first-order valence-corrected chi connectivity index (χ1v) is 18.9. The van der Waals surface area contributed by atoms with Crippen molar-refractivity contribution in [2.75, 3.05) is 0 Å². The van der Waals surface area contributed by atoms with Gasteiger partial charge < -0.3 is 4.57 Å². The number of nitrogens with zero attached hydrogens (tertiary/aromatic N) is 4. The normalized spacial score (nSPS) is 13.8. The van der Waals surface area contributed by atoms with Crippen LogP contribution in [0.4, 0.5) is 0 Å². The van der Waals surface area contributed by atoms with Gasteiger partial charge in [0.05, 0.1) is 29.1 Å². The standard InChI is InChI=1S/C51H32N4S/c1-3-14-33(15-4-1)34-26-28-36(29-27-34)49-52-50(37-30-31-40-39-18-9-12-25-46(39)56-47(40)32-37)54-51(53-49)42-20-8-11-23-44(42)55-43-22-10-7-19-41(43)48-38(21-13-24-45(48)55)35-16-5-2-6-17-35/h1-32H/i2D,5D,6D,7D,10D,16D,17D,19D,22D. The monoisotopic (exact) mass is 741 g/mol. The number of benzene rings is 8. The van der Waals surface area contributed by atoms with Crippen molar-refractivity contribution in [1.82, 2.24) is 19.5 Å². The Hall–Kier alpha value is -7.21. The minimum absolute atomic E-state index is 0.0815. The smallest absolute Gasteiger partial charge is 0.166 e. The van der Waals surface area contributed by atoms with E-state index in [1.807, 2.05) is 84.9 Å². The van der Waals surface area contributed by atoms with Gasteiger partial charge in [0.25, 0.3) is 0 Å². The molecule has 0 N–H and O–H groups in total. The number of hydrogen-bond acceptors (Lipinski definition) is 4. The molecule has 0 spiro atoms. The zero-order valence-electron chi connectivity index (χ0n) is 38.5. The molecule has 3 heterocycles. The van der Waals surface area contributed by atoms with Crippen LogP contribution >= 0.6 is 11.3 Å². The summed E-state index contributed by atoms with van der Waals surface area (Å²) in [6.07, 6.45) is 0. The summed E-state index contributed by atoms with van der Waals surface area (Å²) in [5, 5.41) is 2.73. The van der Waals surface area contributed by atoms with E-state index in [0.29, 0.717) is 39.6 Å². The lowest BCUT2D eigenvalue weighted by Gasteiger charge is -2.15. The van der Waals surface area contributed by atoms with Gasteiger partial charge in [0.15, 0.2) is 17.5 Å². The summed E-state index contributed by atoms with van der Waals surface area (Å²) in [6.45, 7) is 0. The second-order valence-corrected chi connectivity index (χ2v) is 14.4. The van der Waals surface area contributed by atoms with E-state index >= 15 is 0 Å². The highest BCUT2D eigenvalue weighted by molar-refractivity contribution is 7.25. The van der Waals surface area contributed by atoms with Gasteiger partial charge in [-0.1, -0.05) is 158 Å². The molecule has 0 unspecified atom stereocenters. The summed E-state index contributed by atoms with van der Waals surface area (Å²) in [7, 11) is 0. The Morgan fingerprint density at radius 1 is 0.411 bits per heavy atom. The first kappa shape index (κ1) is 24.2. The highest BCUT2D eigenvalue weighted by Crippen LogP contribution is 2.41. The van der Waals surface area contributed by atoms with Gasteiger partial charge in [0.1, 0.15) is 0 Å². The Bertz CT molecular complexity index is 3750. The summed E-state index contributed by atoms with van der Waals surface area (Å²) in [6, 6.07) is 41.0. The van der Waals surface area contributed by atoms with Crippen LogP contribution < -0.4 is 0 Å². The van der Waals surface area contributed by atoms with Gasteiger partial charge in [0.2, 0.25) is 0 Å². The van der Waals surface area contributed by atoms with Crippen molar-refractivity contribution in [3.8, 4) is 62.1 Å². The van der Waals surface area contributed by atoms with E-state index in [-0.39, 0.29) is 34.1 Å². The number of rotatable bonds is 6. The molecule has 0 aliphatic carbocycles. The maximum absolute atomic E-state index is 9.35. The van der Waals surface area contributed by atoms with Crippen LogP contribution in [0.15, 0.2) is 194 Å². The van der Waals surface area contributed by atoms with Crippen LogP contribution in [0.5, 0.6) is 0 Å². The quantitative estimate of drug-likeness (QED) is 0.170. The Kier molecular flexibility index (Phi) is 5.75. The molecule has 3 aromatic heterocycles. The zero-order valence-corrected chi connectivity index (χ0v) is 30.3. The highest BCUT2D eigenvalue weighted by atomic mass is 32.1. The fourth-order valence-corrected chi connectivity index (χ4v) is 8.67. The summed E-state index contributed by atoms with van der Waals surface area (Å²) < 4.78 is 83.2. The maximum atomic E-state index is 9.35. The van der Waals surface area contributed by atoms with Gasteiger partial charge in [-0.15, -0.1) is 11.3 Å². The first-order valence-electron chi connectivity index (χ1n) is 22.5. The van der Waals surface area contributed by atoms with Gasteiger partial charge in [-0.25, -0.2) is 15.0 Å². The fraction of sp³-hybridized carbons (Fsp3) is 0. The van der Waals surface area contributed by atoms with Crippen LogP contribution in [0.3, 0.4) is 0 Å². The molecule has 11 rings (SSSR count). The van der Waals surface area contributed by atoms with Crippen LogP contribution in [0.2, 0.25) is 0 Å². The zero-order chi connectivity index (χ0) is 44.8. The van der Waals surface area contributed by atoms with Gasteiger partial charge in [-0.2, -0.15) is 0 Å². The molecule has 0 fully saturated rings. The van der Waals surface area contributed by atoms with Crippen molar-refractivity contribution in [1.29, 1.82) is 0 Å². The molecule has 0 radical (unpaired) electrons. The number of aromatic nitrogens is 4. The third kappa shape index (κ3) is 5.40. The van der Waals surface area contributed by atoms with Crippen molar-refractivity contribution >= 4 is 53.3 Å². The first-order chi connectivity index (χ1) is 31.5. The molecule has 0 atom stereocenters. The summed E-state index contributed by atoms with van der Waals surface area (Å²) in [4.78, 5) is 15.4. The van der Waals surface area contributed by atoms with E-state index in [1.54, 1.807) is 34.1 Å². The van der Waals surface area contributed by atoms with Crippen LogP contribution in [-0.4, -0.2) is 19.5 Å². The average Bonchev–Trinajstić information content (AvgIpc) is 3.90. The molecule has 0 saturated carbocycles. The Morgan fingerprint density at radius 2 is 1.05 bits per heavy atom. The number of para-hydroxylation sites is 2. The van der Waals surface area contributed by atoms with Crippen LogP contribution in [0.1, 0.15) is 12.3 Å². The maximum Gasteiger partial charge on any atom is 0.166 e. The fourth-order valence-electron chi connectivity index (χ4n) is 7.53. The lowest BCUT2D eigenvalue weighted by molar-refractivity contribution is 1.06. The topological polar surface area (TPSA) is 43.6 Å². The summed E-state index contributed by atoms with van der Waals surface area (Å²) >= 11 is 1.69. The Labute approximate surface area is 340 Å². The Balaban J connectivity index is 1.18. The molecule has 5 heteroatoms. The van der Waals surface area contributed by atoms with E-state index in [2.05, 4.69) is 36.4 Å². The van der Waals surface area contributed by atoms with E-state index in [9.17, 15) is 2.74 Å². The largest absolute Gasteiger partial charge is 0.308 e. The molecule has 0 saturated heterocycles. The lowest BCUT2D eigenvalue weighted by atomic mass is 9.99. The van der Waals surface area contributed by atoms with Crippen LogP contribution in [-0.2, 0) is 0 Å². The highest BCUT2D eigenvalue weighted by Gasteiger charge is 2.21. The van der Waals surface area contributed by atoms with Crippen LogP contribution in [0.25, 0.3) is 104 Å². The molecular weight excluding hydrogens is 701 g/mol. The predicted octanol–water partition coefficient (Wildman–Crippen LogP) is 13.7. The minimum atomic E-state index is -0.541. The molecule has 0 bridgehead atoms. The van der Waals surface area contributed by atoms with Crippen LogP contribution in [0, 0.1) is 0 Å². The van der Waals surface area contributed by atoms with Crippen molar-refractivity contribution in [2.24, 2.45) is 0 Å². The summed E-state index contributed by atoms with van der Waals surface area (Å²) in [5.41, 5.74) is 5.35. The van der Waals surface area contributed by atoms with Gasteiger partial charge in [0, 0.05) is 47.6 Å². The molecular formula is C51H32N4S. The second-order valence-electron chi connectivity index (χ2n) is 13.3. The van der Waals surface area contributed by atoms with Crippen molar-refractivity contribution in [2.45, 2.75) is 0 Å². The Morgan fingerprint density at radius 3 is 1.93 bits per heavy atom. The molecule has 4 nitrogen and oxygen atoms in total.